The number of hydrogen-bond donors (Lipinski definition) is 1. The van der Waals surface area contributed by atoms with Gasteiger partial charge in [0.2, 0.25) is 5.91 Å². The lowest BCUT2D eigenvalue weighted by Crippen LogP contribution is -2.24. The molecule has 6 nitrogen and oxygen atoms in total. The van der Waals surface area contributed by atoms with Gasteiger partial charge in [0.25, 0.3) is 0 Å². The highest BCUT2D eigenvalue weighted by Gasteiger charge is 2.19. The fourth-order valence-corrected chi connectivity index (χ4v) is 4.51. The van der Waals surface area contributed by atoms with Gasteiger partial charge in [-0.3, -0.25) is 4.79 Å². The third-order valence-electron chi connectivity index (χ3n) is 6.34. The van der Waals surface area contributed by atoms with Crippen molar-refractivity contribution in [2.45, 2.75) is 57.7 Å². The maximum Gasteiger partial charge on any atom is 0.244 e. The van der Waals surface area contributed by atoms with E-state index in [1.165, 1.54) is 12.8 Å². The third-order valence-corrected chi connectivity index (χ3v) is 6.34. The minimum Gasteiger partial charge on any atom is -0.493 e. The molecule has 176 valence electrons. The fraction of sp³-hybridized carbons (Fsp3) is 0.357. The maximum absolute atomic E-state index is 12.7. The molecule has 0 saturated heterocycles. The van der Waals surface area contributed by atoms with Crippen molar-refractivity contribution in [2.24, 2.45) is 0 Å². The Labute approximate surface area is 200 Å². The molecule has 0 aliphatic heterocycles. The molecular weight excluding hydrogens is 426 g/mol. The number of nitriles is 1. The van der Waals surface area contributed by atoms with Gasteiger partial charge >= 0.3 is 0 Å². The number of nitrogens with one attached hydrogen (secondary N) is 1. The summed E-state index contributed by atoms with van der Waals surface area (Å²) in [6.07, 6.45) is 10.7. The second-order valence-electron chi connectivity index (χ2n) is 8.70. The van der Waals surface area contributed by atoms with E-state index in [4.69, 9.17) is 14.7 Å². The molecule has 1 saturated carbocycles. The number of carbonyl (C=O) groups is 1. The minimum absolute atomic E-state index is 0.174. The van der Waals surface area contributed by atoms with E-state index in [1.54, 1.807) is 13.2 Å². The van der Waals surface area contributed by atoms with Crippen LogP contribution in [0.2, 0.25) is 0 Å². The van der Waals surface area contributed by atoms with Crippen molar-refractivity contribution >= 4 is 22.9 Å². The molecule has 1 unspecified atom stereocenters. The van der Waals surface area contributed by atoms with Crippen LogP contribution in [0.5, 0.6) is 11.5 Å². The average Bonchev–Trinajstić information content (AvgIpc) is 3.49. The number of hydrogen-bond acceptors (Lipinski definition) is 4. The van der Waals surface area contributed by atoms with Crippen molar-refractivity contribution in [3.8, 4) is 17.6 Å². The van der Waals surface area contributed by atoms with Gasteiger partial charge in [-0.1, -0.05) is 24.3 Å². The second-order valence-corrected chi connectivity index (χ2v) is 8.70. The number of aryl methyl sites for hydroxylation is 1. The van der Waals surface area contributed by atoms with Gasteiger partial charge in [-0.2, -0.15) is 5.26 Å². The Hall–Kier alpha value is -3.72. The molecule has 0 bridgehead atoms. The molecule has 6 heteroatoms. The Morgan fingerprint density at radius 1 is 1.24 bits per heavy atom. The Bertz CT molecular complexity index is 1220. The van der Waals surface area contributed by atoms with Gasteiger partial charge in [0.05, 0.1) is 31.7 Å². The van der Waals surface area contributed by atoms with Gasteiger partial charge in [-0.25, -0.2) is 0 Å². The summed E-state index contributed by atoms with van der Waals surface area (Å²) in [6, 6.07) is 15.8. The van der Waals surface area contributed by atoms with Crippen molar-refractivity contribution in [3.05, 3.63) is 65.9 Å². The molecule has 3 aromatic rings. The number of methoxy groups -OCH3 is 1. The Morgan fingerprint density at radius 2 is 2.03 bits per heavy atom. The molecular formula is C28H31N3O3. The monoisotopic (exact) mass is 457 g/mol. The van der Waals surface area contributed by atoms with Gasteiger partial charge in [-0.05, 0) is 62.4 Å². The third kappa shape index (κ3) is 5.43. The van der Waals surface area contributed by atoms with E-state index < -0.39 is 0 Å². The average molecular weight is 458 g/mol. The van der Waals surface area contributed by atoms with Gasteiger partial charge in [-0.15, -0.1) is 0 Å². The summed E-state index contributed by atoms with van der Waals surface area (Å²) >= 11 is 0. The molecule has 2 aromatic carbocycles. The first-order chi connectivity index (χ1) is 16.6. The number of para-hydroxylation sites is 1. The van der Waals surface area contributed by atoms with E-state index in [-0.39, 0.29) is 18.1 Å². The molecule has 34 heavy (non-hydrogen) atoms. The van der Waals surface area contributed by atoms with Crippen LogP contribution in [0, 0.1) is 11.3 Å². The number of benzene rings is 2. The zero-order chi connectivity index (χ0) is 23.9. The molecule has 1 N–H and O–H groups in total. The number of carbonyl (C=O) groups excluding carboxylic acids is 1. The second kappa shape index (κ2) is 10.9. The summed E-state index contributed by atoms with van der Waals surface area (Å²) in [5.41, 5.74) is 2.95. The van der Waals surface area contributed by atoms with Crippen LogP contribution in [0.4, 0.5) is 0 Å². The number of rotatable bonds is 9. The first-order valence-corrected chi connectivity index (χ1v) is 11.9. The van der Waals surface area contributed by atoms with Crippen LogP contribution >= 0.6 is 0 Å². The summed E-state index contributed by atoms with van der Waals surface area (Å²) in [5.74, 6) is 1.27. The highest BCUT2D eigenvalue weighted by molar-refractivity contribution is 5.96. The highest BCUT2D eigenvalue weighted by Crippen LogP contribution is 2.33. The SMILES string of the molecule is COc1cc(C(C)NC(=O)/C=C/c2cn(CCC#N)c3ccccc23)ccc1OC1CCCC1. The zero-order valence-corrected chi connectivity index (χ0v) is 19.8. The number of nitrogens with zero attached hydrogens (tertiary/aromatic N) is 2. The Kier molecular flexibility index (Phi) is 7.54. The van der Waals surface area contributed by atoms with Crippen LogP contribution < -0.4 is 14.8 Å². The Balaban J connectivity index is 1.43. The summed E-state index contributed by atoms with van der Waals surface area (Å²) in [6.45, 7) is 2.57. The quantitative estimate of drug-likeness (QED) is 0.414. The largest absolute Gasteiger partial charge is 0.493 e. The summed E-state index contributed by atoms with van der Waals surface area (Å²) in [4.78, 5) is 12.7. The number of ether oxygens (including phenoxy) is 2. The molecule has 0 spiro atoms. The van der Waals surface area contributed by atoms with Crippen LogP contribution in [0.25, 0.3) is 17.0 Å². The van der Waals surface area contributed by atoms with Gasteiger partial charge < -0.3 is 19.4 Å². The summed E-state index contributed by atoms with van der Waals surface area (Å²) in [5, 5.41) is 13.0. The lowest BCUT2D eigenvalue weighted by atomic mass is 10.1. The number of fused-ring (bicyclic) bond motifs is 1. The lowest BCUT2D eigenvalue weighted by molar-refractivity contribution is -0.117. The van der Waals surface area contributed by atoms with Crippen LogP contribution in [0.15, 0.2) is 54.7 Å². The van der Waals surface area contributed by atoms with Crippen molar-refractivity contribution in [1.29, 1.82) is 5.26 Å². The van der Waals surface area contributed by atoms with Gasteiger partial charge in [0.15, 0.2) is 11.5 Å². The van der Waals surface area contributed by atoms with E-state index in [0.717, 1.165) is 40.6 Å². The van der Waals surface area contributed by atoms with Crippen molar-refractivity contribution in [3.63, 3.8) is 0 Å². The minimum atomic E-state index is -0.191. The summed E-state index contributed by atoms with van der Waals surface area (Å²) < 4.78 is 13.7. The van der Waals surface area contributed by atoms with E-state index in [1.807, 2.05) is 61.7 Å². The predicted molar refractivity (Wildman–Crippen MR) is 134 cm³/mol. The van der Waals surface area contributed by atoms with E-state index >= 15 is 0 Å². The van der Waals surface area contributed by atoms with Crippen molar-refractivity contribution in [1.82, 2.24) is 9.88 Å². The molecule has 0 radical (unpaired) electrons. The van der Waals surface area contributed by atoms with Crippen LogP contribution in [0.1, 0.15) is 56.2 Å². The molecule has 1 atom stereocenters. The molecule has 1 aliphatic rings. The normalized spacial score (nSPS) is 14.9. The first kappa shape index (κ1) is 23.4. The molecule has 1 heterocycles. The van der Waals surface area contributed by atoms with Gasteiger partial charge in [0, 0.05) is 35.3 Å². The molecule has 4 rings (SSSR count). The van der Waals surface area contributed by atoms with E-state index in [0.29, 0.717) is 18.7 Å². The fourth-order valence-electron chi connectivity index (χ4n) is 4.51. The number of amides is 1. The standard InChI is InChI=1S/C28H31N3O3/c1-20(21-12-14-26(27(18-21)33-2)34-23-8-3-4-9-23)30-28(32)15-13-22-19-31(17-7-16-29)25-11-6-5-10-24(22)25/h5-6,10-15,18-20,23H,3-4,7-9,17H2,1-2H3,(H,30,32)/b15-13+. The zero-order valence-electron chi connectivity index (χ0n) is 19.8. The van der Waals surface area contributed by atoms with Crippen LogP contribution in [0.3, 0.4) is 0 Å². The Morgan fingerprint density at radius 3 is 2.79 bits per heavy atom. The first-order valence-electron chi connectivity index (χ1n) is 11.9. The lowest BCUT2D eigenvalue weighted by Gasteiger charge is -2.19. The maximum atomic E-state index is 12.7. The molecule has 1 aliphatic carbocycles. The van der Waals surface area contributed by atoms with E-state index in [2.05, 4.69) is 16.0 Å². The van der Waals surface area contributed by atoms with Crippen LogP contribution in [-0.4, -0.2) is 23.7 Å². The molecule has 1 aromatic heterocycles. The smallest absolute Gasteiger partial charge is 0.244 e. The van der Waals surface area contributed by atoms with E-state index in [9.17, 15) is 4.79 Å². The van der Waals surface area contributed by atoms with Crippen molar-refractivity contribution < 1.29 is 14.3 Å². The topological polar surface area (TPSA) is 76.3 Å². The van der Waals surface area contributed by atoms with Crippen LogP contribution in [-0.2, 0) is 11.3 Å². The van der Waals surface area contributed by atoms with Crippen molar-refractivity contribution in [2.75, 3.05) is 7.11 Å². The molecule has 1 fully saturated rings. The van der Waals surface area contributed by atoms with Gasteiger partial charge in [0.1, 0.15) is 0 Å². The molecule has 1 amide bonds. The number of aromatic nitrogens is 1. The predicted octanol–water partition coefficient (Wildman–Crippen LogP) is 5.78. The summed E-state index contributed by atoms with van der Waals surface area (Å²) in [7, 11) is 1.64. The highest BCUT2D eigenvalue weighted by atomic mass is 16.5.